The number of methoxy groups -OCH3 is 1. The number of hydrogen-bond donors (Lipinski definition) is 1. The highest BCUT2D eigenvalue weighted by Gasteiger charge is 2.23. The second kappa shape index (κ2) is 9.94. The van der Waals surface area contributed by atoms with Crippen LogP contribution in [0.1, 0.15) is 43.6 Å². The van der Waals surface area contributed by atoms with Crippen molar-refractivity contribution in [1.82, 2.24) is 15.3 Å². The fourth-order valence-electron chi connectivity index (χ4n) is 2.96. The minimum absolute atomic E-state index is 0.0447. The highest BCUT2D eigenvalue weighted by Crippen LogP contribution is 2.26. The van der Waals surface area contributed by atoms with Gasteiger partial charge in [0.15, 0.2) is 0 Å². The van der Waals surface area contributed by atoms with Crippen LogP contribution in [0.3, 0.4) is 0 Å². The Bertz CT molecular complexity index is 779. The van der Waals surface area contributed by atoms with Gasteiger partial charge in [0.05, 0.1) is 7.11 Å². The van der Waals surface area contributed by atoms with E-state index in [0.717, 1.165) is 11.3 Å². The average molecular weight is 425 g/mol. The van der Waals surface area contributed by atoms with Gasteiger partial charge in [0.25, 0.3) is 5.91 Å². The molecule has 28 heavy (non-hydrogen) atoms. The first-order valence-electron chi connectivity index (χ1n) is 9.17. The molecule has 1 amide bonds. The number of carbonyl (C=O) groups excluding carboxylic acids is 1. The van der Waals surface area contributed by atoms with Crippen molar-refractivity contribution in [2.24, 2.45) is 0 Å². The van der Waals surface area contributed by atoms with E-state index < -0.39 is 5.91 Å². The van der Waals surface area contributed by atoms with Crippen LogP contribution in [0.15, 0.2) is 24.3 Å². The maximum Gasteiger partial charge on any atom is 0.257 e. The van der Waals surface area contributed by atoms with E-state index >= 15 is 0 Å². The van der Waals surface area contributed by atoms with Crippen molar-refractivity contribution < 1.29 is 9.53 Å². The number of amides is 1. The maximum absolute atomic E-state index is 12.5. The lowest BCUT2D eigenvalue weighted by atomic mass is 10.1. The summed E-state index contributed by atoms with van der Waals surface area (Å²) < 4.78 is 5.14. The Balaban J connectivity index is 2.08. The fraction of sp³-hybridized carbons (Fsp3) is 0.450. The largest absolute Gasteiger partial charge is 0.497 e. The Hall–Kier alpha value is -2.05. The standard InChI is InChI=1S/C20H26Cl2N4O2/c1-12(2)26(13(3)4)20-24-17(21)16(18(22)25-20)19(27)23-11-10-14-6-8-15(28-5)9-7-14/h6-9,12-13H,10-11H2,1-5H3,(H,23,27). The van der Waals surface area contributed by atoms with Gasteiger partial charge in [0.1, 0.15) is 21.6 Å². The SMILES string of the molecule is COc1ccc(CCNC(=O)c2c(Cl)nc(N(C(C)C)C(C)C)nc2Cl)cc1. The summed E-state index contributed by atoms with van der Waals surface area (Å²) in [4.78, 5) is 23.1. The fourth-order valence-corrected chi connectivity index (χ4v) is 3.51. The first-order chi connectivity index (χ1) is 13.2. The quantitative estimate of drug-likeness (QED) is 0.636. The molecular weight excluding hydrogens is 399 g/mol. The topological polar surface area (TPSA) is 67.3 Å². The monoisotopic (exact) mass is 424 g/mol. The number of rotatable bonds is 8. The summed E-state index contributed by atoms with van der Waals surface area (Å²) in [6.07, 6.45) is 0.665. The minimum atomic E-state index is -0.393. The molecule has 2 rings (SSSR count). The first kappa shape index (κ1) is 22.2. The summed E-state index contributed by atoms with van der Waals surface area (Å²) in [6.45, 7) is 8.56. The van der Waals surface area contributed by atoms with Gasteiger partial charge in [-0.2, -0.15) is 9.97 Å². The molecule has 1 N–H and O–H groups in total. The van der Waals surface area contributed by atoms with E-state index in [4.69, 9.17) is 27.9 Å². The molecule has 0 atom stereocenters. The molecule has 0 aliphatic rings. The van der Waals surface area contributed by atoms with Crippen LogP contribution in [0.25, 0.3) is 0 Å². The third kappa shape index (κ3) is 5.49. The number of anilines is 1. The van der Waals surface area contributed by atoms with E-state index in [9.17, 15) is 4.79 Å². The maximum atomic E-state index is 12.5. The van der Waals surface area contributed by atoms with Gasteiger partial charge >= 0.3 is 0 Å². The number of carbonyl (C=O) groups is 1. The van der Waals surface area contributed by atoms with E-state index in [-0.39, 0.29) is 28.0 Å². The molecule has 0 spiro atoms. The summed E-state index contributed by atoms with van der Waals surface area (Å²) in [7, 11) is 1.62. The number of nitrogens with zero attached hydrogens (tertiary/aromatic N) is 3. The molecule has 2 aromatic rings. The lowest BCUT2D eigenvalue weighted by Gasteiger charge is -2.31. The predicted molar refractivity (Wildman–Crippen MR) is 114 cm³/mol. The number of ether oxygens (including phenoxy) is 1. The summed E-state index contributed by atoms with van der Waals surface area (Å²) in [6, 6.07) is 8.00. The molecule has 0 aliphatic heterocycles. The molecule has 6 nitrogen and oxygen atoms in total. The van der Waals surface area contributed by atoms with Crippen LogP contribution in [0.2, 0.25) is 10.3 Å². The number of halogens is 2. The normalized spacial score (nSPS) is 11.0. The summed E-state index contributed by atoms with van der Waals surface area (Å²) in [5.74, 6) is 0.811. The number of aromatic nitrogens is 2. The zero-order valence-electron chi connectivity index (χ0n) is 16.8. The van der Waals surface area contributed by atoms with Crippen molar-refractivity contribution in [2.75, 3.05) is 18.6 Å². The molecule has 0 unspecified atom stereocenters. The Morgan fingerprint density at radius 3 is 2.07 bits per heavy atom. The molecule has 1 aromatic heterocycles. The lowest BCUT2D eigenvalue weighted by molar-refractivity contribution is 0.0953. The van der Waals surface area contributed by atoms with Gasteiger partial charge in [-0.1, -0.05) is 35.3 Å². The smallest absolute Gasteiger partial charge is 0.257 e. The Labute approximate surface area is 176 Å². The highest BCUT2D eigenvalue weighted by molar-refractivity contribution is 6.38. The van der Waals surface area contributed by atoms with Crippen molar-refractivity contribution in [3.63, 3.8) is 0 Å². The third-order valence-electron chi connectivity index (χ3n) is 4.24. The van der Waals surface area contributed by atoms with Crippen LogP contribution >= 0.6 is 23.2 Å². The Morgan fingerprint density at radius 1 is 1.07 bits per heavy atom. The molecule has 152 valence electrons. The zero-order valence-corrected chi connectivity index (χ0v) is 18.3. The lowest BCUT2D eigenvalue weighted by Crippen LogP contribution is -2.38. The predicted octanol–water partition coefficient (Wildman–Crippen LogP) is 4.39. The molecule has 1 heterocycles. The molecule has 0 bridgehead atoms. The van der Waals surface area contributed by atoms with Gasteiger partial charge in [-0.25, -0.2) is 0 Å². The van der Waals surface area contributed by atoms with E-state index in [0.29, 0.717) is 18.9 Å². The molecule has 0 saturated heterocycles. The Morgan fingerprint density at radius 2 is 1.61 bits per heavy atom. The van der Waals surface area contributed by atoms with E-state index in [1.165, 1.54) is 0 Å². The van der Waals surface area contributed by atoms with Crippen LogP contribution in [0.4, 0.5) is 5.95 Å². The van der Waals surface area contributed by atoms with Crippen LogP contribution in [-0.4, -0.2) is 41.6 Å². The summed E-state index contributed by atoms with van der Waals surface area (Å²) in [5, 5.41) is 2.91. The van der Waals surface area contributed by atoms with Gasteiger partial charge in [-0.05, 0) is 51.8 Å². The van der Waals surface area contributed by atoms with Crippen molar-refractivity contribution in [3.8, 4) is 5.75 Å². The second-order valence-electron chi connectivity index (χ2n) is 6.93. The molecule has 0 radical (unpaired) electrons. The minimum Gasteiger partial charge on any atom is -0.497 e. The van der Waals surface area contributed by atoms with Crippen molar-refractivity contribution in [3.05, 3.63) is 45.7 Å². The van der Waals surface area contributed by atoms with Crippen LogP contribution < -0.4 is 15.0 Å². The van der Waals surface area contributed by atoms with E-state index in [2.05, 4.69) is 15.3 Å². The molecule has 0 fully saturated rings. The number of hydrogen-bond acceptors (Lipinski definition) is 5. The zero-order chi connectivity index (χ0) is 20.8. The number of nitrogens with one attached hydrogen (secondary N) is 1. The van der Waals surface area contributed by atoms with Gasteiger partial charge < -0.3 is 15.0 Å². The molecule has 8 heteroatoms. The number of benzene rings is 1. The van der Waals surface area contributed by atoms with Gasteiger partial charge in [-0.3, -0.25) is 4.79 Å². The summed E-state index contributed by atoms with van der Waals surface area (Å²) >= 11 is 12.6. The highest BCUT2D eigenvalue weighted by atomic mass is 35.5. The van der Waals surface area contributed by atoms with Gasteiger partial charge in [0, 0.05) is 18.6 Å². The Kier molecular flexibility index (Phi) is 7.89. The second-order valence-corrected chi connectivity index (χ2v) is 7.64. The van der Waals surface area contributed by atoms with Crippen molar-refractivity contribution in [1.29, 1.82) is 0 Å². The third-order valence-corrected chi connectivity index (χ3v) is 4.78. The molecule has 0 saturated carbocycles. The molecule has 1 aromatic carbocycles. The van der Waals surface area contributed by atoms with Crippen LogP contribution in [-0.2, 0) is 6.42 Å². The van der Waals surface area contributed by atoms with E-state index in [1.54, 1.807) is 7.11 Å². The molecular formula is C20H26Cl2N4O2. The van der Waals surface area contributed by atoms with Gasteiger partial charge in [-0.15, -0.1) is 0 Å². The van der Waals surface area contributed by atoms with Gasteiger partial charge in [0.2, 0.25) is 5.95 Å². The average Bonchev–Trinajstić information content (AvgIpc) is 2.61. The van der Waals surface area contributed by atoms with Crippen LogP contribution in [0.5, 0.6) is 5.75 Å². The summed E-state index contributed by atoms with van der Waals surface area (Å²) in [5.41, 5.74) is 1.17. The van der Waals surface area contributed by atoms with Crippen LogP contribution in [0, 0.1) is 0 Å². The van der Waals surface area contributed by atoms with E-state index in [1.807, 2.05) is 56.9 Å². The molecule has 0 aliphatic carbocycles. The first-order valence-corrected chi connectivity index (χ1v) is 9.92. The van der Waals surface area contributed by atoms with Crippen molar-refractivity contribution >= 4 is 35.1 Å². The van der Waals surface area contributed by atoms with Crippen molar-refractivity contribution in [2.45, 2.75) is 46.2 Å².